The van der Waals surface area contributed by atoms with Crippen molar-refractivity contribution in [3.63, 3.8) is 0 Å². The topological polar surface area (TPSA) is 84.4 Å². The Kier molecular flexibility index (Phi) is 4.28. The number of nitrogens with zero attached hydrogens (tertiary/aromatic N) is 2. The molecule has 7 heteroatoms. The minimum atomic E-state index is -0.493. The maximum Gasteiger partial charge on any atom is 0.328 e. The maximum atomic E-state index is 12.6. The maximum absolute atomic E-state index is 12.6. The first-order valence-electron chi connectivity index (χ1n) is 8.00. The van der Waals surface area contributed by atoms with Crippen LogP contribution in [-0.4, -0.2) is 45.7 Å². The molecule has 0 saturated carbocycles. The molecule has 1 aromatic carbocycles. The second-order valence-corrected chi connectivity index (χ2v) is 6.59. The van der Waals surface area contributed by atoms with Crippen molar-refractivity contribution >= 4 is 16.8 Å². The van der Waals surface area contributed by atoms with Gasteiger partial charge in [-0.1, -0.05) is 12.1 Å². The number of ether oxygens (including phenoxy) is 1. The number of aryl methyl sites for hydroxylation is 1. The SMILES string of the molecule is CC1(C)COCCN1C(=O)CCn1c(=O)[nH]c(=O)c2ccccc21. The number of aromatic nitrogens is 2. The van der Waals surface area contributed by atoms with Gasteiger partial charge in [0.2, 0.25) is 5.91 Å². The van der Waals surface area contributed by atoms with E-state index >= 15 is 0 Å². The third kappa shape index (κ3) is 2.99. The van der Waals surface area contributed by atoms with E-state index in [0.29, 0.717) is 30.7 Å². The van der Waals surface area contributed by atoms with Crippen molar-refractivity contribution in [1.29, 1.82) is 0 Å². The van der Waals surface area contributed by atoms with Crippen molar-refractivity contribution in [1.82, 2.24) is 14.5 Å². The van der Waals surface area contributed by atoms with Crippen LogP contribution in [0.15, 0.2) is 33.9 Å². The second kappa shape index (κ2) is 6.24. The van der Waals surface area contributed by atoms with Gasteiger partial charge < -0.3 is 9.64 Å². The van der Waals surface area contributed by atoms with E-state index in [-0.39, 0.29) is 24.4 Å². The van der Waals surface area contributed by atoms with Crippen molar-refractivity contribution in [3.05, 3.63) is 45.1 Å². The normalized spacial score (nSPS) is 17.2. The first kappa shape index (κ1) is 16.4. The zero-order valence-corrected chi connectivity index (χ0v) is 13.9. The fourth-order valence-electron chi connectivity index (χ4n) is 3.13. The van der Waals surface area contributed by atoms with Crippen LogP contribution in [0.1, 0.15) is 20.3 Å². The summed E-state index contributed by atoms with van der Waals surface area (Å²) in [5.74, 6) is -0.0227. The second-order valence-electron chi connectivity index (χ2n) is 6.59. The zero-order chi connectivity index (χ0) is 17.3. The first-order chi connectivity index (χ1) is 11.4. The van der Waals surface area contributed by atoms with Crippen molar-refractivity contribution in [2.45, 2.75) is 32.4 Å². The fraction of sp³-hybridized carbons (Fsp3) is 0.471. The first-order valence-corrected chi connectivity index (χ1v) is 8.00. The minimum absolute atomic E-state index is 0.0227. The number of aromatic amines is 1. The van der Waals surface area contributed by atoms with Crippen molar-refractivity contribution in [2.24, 2.45) is 0 Å². The number of benzene rings is 1. The van der Waals surface area contributed by atoms with Gasteiger partial charge in [-0.3, -0.25) is 19.1 Å². The highest BCUT2D eigenvalue weighted by Gasteiger charge is 2.33. The average Bonchev–Trinajstić information content (AvgIpc) is 2.54. The molecule has 0 radical (unpaired) electrons. The van der Waals surface area contributed by atoms with Crippen LogP contribution in [0, 0.1) is 0 Å². The molecule has 0 spiro atoms. The number of carbonyl (C=O) groups is 1. The van der Waals surface area contributed by atoms with E-state index in [1.165, 1.54) is 4.57 Å². The third-order valence-electron chi connectivity index (χ3n) is 4.40. The molecule has 2 heterocycles. The Morgan fingerprint density at radius 1 is 1.29 bits per heavy atom. The number of amides is 1. The molecule has 1 N–H and O–H groups in total. The Morgan fingerprint density at radius 2 is 2.04 bits per heavy atom. The number of H-pyrrole nitrogens is 1. The molecule has 7 nitrogen and oxygen atoms in total. The van der Waals surface area contributed by atoms with Gasteiger partial charge in [-0.2, -0.15) is 0 Å². The van der Waals surface area contributed by atoms with Gasteiger partial charge in [0.25, 0.3) is 5.56 Å². The standard InChI is InChI=1S/C17H21N3O4/c1-17(2)11-24-10-9-20(17)14(21)7-8-19-13-6-4-3-5-12(13)15(22)18-16(19)23/h3-6H,7-11H2,1-2H3,(H,18,22,23). The van der Waals surface area contributed by atoms with Crippen molar-refractivity contribution < 1.29 is 9.53 Å². The molecule has 1 aliphatic rings. The predicted octanol–water partition coefficient (Wildman–Crippen LogP) is 0.717. The molecule has 1 aromatic heterocycles. The smallest absolute Gasteiger partial charge is 0.328 e. The Bertz CT molecular complexity index is 881. The molecule has 1 amide bonds. The number of fused-ring (bicyclic) bond motifs is 1. The molecule has 24 heavy (non-hydrogen) atoms. The lowest BCUT2D eigenvalue weighted by molar-refractivity contribution is -0.146. The Hall–Kier alpha value is -2.41. The summed E-state index contributed by atoms with van der Waals surface area (Å²) in [5.41, 5.74) is -0.714. The highest BCUT2D eigenvalue weighted by atomic mass is 16.5. The fourth-order valence-corrected chi connectivity index (χ4v) is 3.13. The monoisotopic (exact) mass is 331 g/mol. The van der Waals surface area contributed by atoms with Crippen LogP contribution in [0.4, 0.5) is 0 Å². The summed E-state index contributed by atoms with van der Waals surface area (Å²) in [6, 6.07) is 6.89. The molecular weight excluding hydrogens is 310 g/mol. The Labute approximate surface area is 138 Å². The molecular formula is C17H21N3O4. The molecule has 128 valence electrons. The highest BCUT2D eigenvalue weighted by molar-refractivity contribution is 5.79. The van der Waals surface area contributed by atoms with Crippen LogP contribution in [0.25, 0.3) is 10.9 Å². The summed E-state index contributed by atoms with van der Waals surface area (Å²) < 4.78 is 6.88. The molecule has 1 saturated heterocycles. The number of hydrogen-bond acceptors (Lipinski definition) is 4. The average molecular weight is 331 g/mol. The molecule has 1 fully saturated rings. The van der Waals surface area contributed by atoms with Crippen molar-refractivity contribution in [3.8, 4) is 0 Å². The quantitative estimate of drug-likeness (QED) is 0.898. The Morgan fingerprint density at radius 3 is 2.79 bits per heavy atom. The number of para-hydroxylation sites is 1. The predicted molar refractivity (Wildman–Crippen MR) is 90.1 cm³/mol. The molecule has 0 aliphatic carbocycles. The summed E-state index contributed by atoms with van der Waals surface area (Å²) in [6.07, 6.45) is 0.194. The van der Waals surface area contributed by atoms with E-state index in [2.05, 4.69) is 4.98 Å². The van der Waals surface area contributed by atoms with E-state index < -0.39 is 11.2 Å². The van der Waals surface area contributed by atoms with Gasteiger partial charge in [-0.15, -0.1) is 0 Å². The highest BCUT2D eigenvalue weighted by Crippen LogP contribution is 2.20. The lowest BCUT2D eigenvalue weighted by Crippen LogP contribution is -2.55. The summed E-state index contributed by atoms with van der Waals surface area (Å²) in [5, 5.41) is 0.441. The summed E-state index contributed by atoms with van der Waals surface area (Å²) in [4.78, 5) is 40.7. The van der Waals surface area contributed by atoms with Crippen LogP contribution >= 0.6 is 0 Å². The number of morpholine rings is 1. The zero-order valence-electron chi connectivity index (χ0n) is 13.9. The molecule has 3 rings (SSSR count). The van der Waals surface area contributed by atoms with E-state index in [1.54, 1.807) is 29.2 Å². The van der Waals surface area contributed by atoms with Gasteiger partial charge in [0.1, 0.15) is 0 Å². The van der Waals surface area contributed by atoms with Gasteiger partial charge >= 0.3 is 5.69 Å². The number of rotatable bonds is 3. The number of hydrogen-bond donors (Lipinski definition) is 1. The molecule has 0 unspecified atom stereocenters. The van der Waals surface area contributed by atoms with E-state index in [9.17, 15) is 14.4 Å². The van der Waals surface area contributed by atoms with E-state index in [4.69, 9.17) is 4.74 Å². The summed E-state index contributed by atoms with van der Waals surface area (Å²) >= 11 is 0. The van der Waals surface area contributed by atoms with Gasteiger partial charge in [0, 0.05) is 19.5 Å². The summed E-state index contributed by atoms with van der Waals surface area (Å²) in [6.45, 7) is 5.73. The van der Waals surface area contributed by atoms with Gasteiger partial charge in [-0.05, 0) is 26.0 Å². The van der Waals surface area contributed by atoms with Gasteiger partial charge in [0.05, 0.1) is 29.7 Å². The van der Waals surface area contributed by atoms with Crippen LogP contribution < -0.4 is 11.2 Å². The van der Waals surface area contributed by atoms with Crippen LogP contribution in [0.3, 0.4) is 0 Å². The van der Waals surface area contributed by atoms with Crippen LogP contribution in [-0.2, 0) is 16.1 Å². The molecule has 1 aliphatic heterocycles. The van der Waals surface area contributed by atoms with Gasteiger partial charge in [-0.25, -0.2) is 4.79 Å². The Balaban J connectivity index is 1.85. The number of nitrogens with one attached hydrogen (secondary N) is 1. The largest absolute Gasteiger partial charge is 0.377 e. The van der Waals surface area contributed by atoms with E-state index in [0.717, 1.165) is 0 Å². The van der Waals surface area contributed by atoms with Gasteiger partial charge in [0.15, 0.2) is 0 Å². The van der Waals surface area contributed by atoms with Crippen LogP contribution in [0.5, 0.6) is 0 Å². The van der Waals surface area contributed by atoms with Crippen molar-refractivity contribution in [2.75, 3.05) is 19.8 Å². The van der Waals surface area contributed by atoms with E-state index in [1.807, 2.05) is 13.8 Å². The molecule has 0 atom stereocenters. The number of carbonyl (C=O) groups excluding carboxylic acids is 1. The molecule has 0 bridgehead atoms. The third-order valence-corrected chi connectivity index (χ3v) is 4.40. The summed E-state index contributed by atoms with van der Waals surface area (Å²) in [7, 11) is 0. The minimum Gasteiger partial charge on any atom is -0.377 e. The molecule has 2 aromatic rings. The van der Waals surface area contributed by atoms with Crippen LogP contribution in [0.2, 0.25) is 0 Å². The lowest BCUT2D eigenvalue weighted by atomic mass is 10.0. The lowest BCUT2D eigenvalue weighted by Gasteiger charge is -2.42.